The van der Waals surface area contributed by atoms with Crippen molar-refractivity contribution in [3.05, 3.63) is 35.4 Å². The Morgan fingerprint density at radius 1 is 0.962 bits per heavy atom. The van der Waals surface area contributed by atoms with Crippen LogP contribution < -0.4 is 0 Å². The van der Waals surface area contributed by atoms with E-state index in [0.717, 1.165) is 4.90 Å². The molecule has 26 heavy (non-hydrogen) atoms. The van der Waals surface area contributed by atoms with Crippen molar-refractivity contribution in [2.24, 2.45) is 0 Å². The summed E-state index contributed by atoms with van der Waals surface area (Å²) in [6.07, 6.45) is 0. The van der Waals surface area contributed by atoms with Gasteiger partial charge in [0.15, 0.2) is 6.61 Å². The fourth-order valence-corrected chi connectivity index (χ4v) is 3.17. The van der Waals surface area contributed by atoms with Gasteiger partial charge in [-0.05, 0) is 46.8 Å². The second kappa shape index (κ2) is 7.68. The summed E-state index contributed by atoms with van der Waals surface area (Å²) in [6, 6.07) is 5.22. The second-order valence-corrected chi connectivity index (χ2v) is 6.80. The van der Waals surface area contributed by atoms with Crippen LogP contribution in [0.5, 0.6) is 0 Å². The smallest absolute Gasteiger partial charge is 0.329 e. The highest BCUT2D eigenvalue weighted by molar-refractivity contribution is 6.22. The van der Waals surface area contributed by atoms with Crippen LogP contribution in [-0.4, -0.2) is 58.2 Å². The van der Waals surface area contributed by atoms with Gasteiger partial charge in [-0.3, -0.25) is 19.3 Å². The van der Waals surface area contributed by atoms with Gasteiger partial charge in [-0.2, -0.15) is 0 Å². The zero-order valence-corrected chi connectivity index (χ0v) is 15.7. The van der Waals surface area contributed by atoms with Gasteiger partial charge in [0, 0.05) is 12.1 Å². The van der Waals surface area contributed by atoms with E-state index in [0.29, 0.717) is 0 Å². The Balaban J connectivity index is 2.04. The van der Waals surface area contributed by atoms with Gasteiger partial charge in [0.1, 0.15) is 6.04 Å². The number of carbonyl (C=O) groups is 4. The number of ether oxygens (including phenoxy) is 1. The van der Waals surface area contributed by atoms with Crippen molar-refractivity contribution in [1.82, 2.24) is 9.80 Å². The highest BCUT2D eigenvalue weighted by Crippen LogP contribution is 2.24. The first kappa shape index (κ1) is 19.6. The van der Waals surface area contributed by atoms with Gasteiger partial charge in [-0.15, -0.1) is 0 Å². The Labute approximate surface area is 152 Å². The predicted octanol–water partition coefficient (Wildman–Crippen LogP) is 1.86. The number of hydrogen-bond donors (Lipinski definition) is 0. The minimum atomic E-state index is -1.11. The first-order chi connectivity index (χ1) is 12.2. The van der Waals surface area contributed by atoms with E-state index < -0.39 is 30.4 Å². The second-order valence-electron chi connectivity index (χ2n) is 6.80. The largest absolute Gasteiger partial charge is 0.454 e. The van der Waals surface area contributed by atoms with E-state index in [-0.39, 0.29) is 29.1 Å². The summed E-state index contributed by atoms with van der Waals surface area (Å²) in [4.78, 5) is 51.9. The molecule has 0 radical (unpaired) electrons. The maximum absolute atomic E-state index is 12.4. The summed E-state index contributed by atoms with van der Waals surface area (Å²) in [6.45, 7) is 8.49. The SMILES string of the molecule is CC(C)N(C(=O)COC(=O)[C@@H](C)N1C(=O)c2ccccc2C1=O)C(C)C. The molecule has 0 N–H and O–H groups in total. The number of carbonyl (C=O) groups excluding carboxylic acids is 4. The minimum absolute atomic E-state index is 0.0325. The van der Waals surface area contributed by atoms with Crippen molar-refractivity contribution in [3.8, 4) is 0 Å². The fraction of sp³-hybridized carbons (Fsp3) is 0.474. The molecule has 0 spiro atoms. The molecule has 3 amide bonds. The standard InChI is InChI=1S/C19H24N2O5/c1-11(2)20(12(3)4)16(22)10-26-19(25)13(5)21-17(23)14-8-6-7-9-15(14)18(21)24/h6-9,11-13H,10H2,1-5H3/t13-/m1/s1. The maximum Gasteiger partial charge on any atom is 0.329 e. The van der Waals surface area contributed by atoms with Gasteiger partial charge >= 0.3 is 5.97 Å². The number of benzene rings is 1. The molecular formula is C19H24N2O5. The third kappa shape index (κ3) is 3.61. The molecule has 0 saturated carbocycles. The zero-order chi connectivity index (χ0) is 19.6. The molecule has 0 aliphatic carbocycles. The third-order valence-electron chi connectivity index (χ3n) is 4.29. The first-order valence-corrected chi connectivity index (χ1v) is 8.61. The van der Waals surface area contributed by atoms with E-state index in [9.17, 15) is 19.2 Å². The van der Waals surface area contributed by atoms with E-state index in [4.69, 9.17) is 4.74 Å². The van der Waals surface area contributed by atoms with Crippen LogP contribution in [0, 0.1) is 0 Å². The Morgan fingerprint density at radius 2 is 1.42 bits per heavy atom. The van der Waals surface area contributed by atoms with Crippen molar-refractivity contribution >= 4 is 23.7 Å². The van der Waals surface area contributed by atoms with Crippen LogP contribution in [-0.2, 0) is 14.3 Å². The fourth-order valence-electron chi connectivity index (χ4n) is 3.17. The van der Waals surface area contributed by atoms with Crippen LogP contribution in [0.2, 0.25) is 0 Å². The van der Waals surface area contributed by atoms with E-state index in [1.54, 1.807) is 29.2 Å². The van der Waals surface area contributed by atoms with Crippen LogP contribution in [0.15, 0.2) is 24.3 Å². The number of hydrogen-bond acceptors (Lipinski definition) is 5. The van der Waals surface area contributed by atoms with E-state index in [1.165, 1.54) is 6.92 Å². The maximum atomic E-state index is 12.4. The lowest BCUT2D eigenvalue weighted by atomic mass is 10.1. The van der Waals surface area contributed by atoms with Crippen LogP contribution in [0.1, 0.15) is 55.3 Å². The van der Waals surface area contributed by atoms with Gasteiger partial charge in [0.2, 0.25) is 0 Å². The van der Waals surface area contributed by atoms with Crippen LogP contribution in [0.4, 0.5) is 0 Å². The summed E-state index contributed by atoms with van der Waals surface area (Å²) < 4.78 is 5.08. The molecule has 7 nitrogen and oxygen atoms in total. The number of rotatable bonds is 6. The lowest BCUT2D eigenvalue weighted by molar-refractivity contribution is -0.156. The van der Waals surface area contributed by atoms with Crippen LogP contribution in [0.3, 0.4) is 0 Å². The lowest BCUT2D eigenvalue weighted by Gasteiger charge is -2.30. The molecular weight excluding hydrogens is 336 g/mol. The molecule has 7 heteroatoms. The van der Waals surface area contributed by atoms with Gasteiger partial charge < -0.3 is 9.64 Å². The first-order valence-electron chi connectivity index (χ1n) is 8.61. The van der Waals surface area contributed by atoms with E-state index in [2.05, 4.69) is 0 Å². The van der Waals surface area contributed by atoms with E-state index >= 15 is 0 Å². The highest BCUT2D eigenvalue weighted by Gasteiger charge is 2.41. The lowest BCUT2D eigenvalue weighted by Crippen LogP contribution is -2.47. The quantitative estimate of drug-likeness (QED) is 0.571. The Kier molecular flexibility index (Phi) is 5.79. The Bertz CT molecular complexity index is 698. The van der Waals surface area contributed by atoms with Crippen molar-refractivity contribution < 1.29 is 23.9 Å². The van der Waals surface area contributed by atoms with Gasteiger partial charge in [0.25, 0.3) is 17.7 Å². The molecule has 140 valence electrons. The topological polar surface area (TPSA) is 84.0 Å². The highest BCUT2D eigenvalue weighted by atomic mass is 16.5. The van der Waals surface area contributed by atoms with E-state index in [1.807, 2.05) is 27.7 Å². The number of esters is 1. The monoisotopic (exact) mass is 360 g/mol. The molecule has 0 unspecified atom stereocenters. The summed E-state index contributed by atoms with van der Waals surface area (Å²) in [7, 11) is 0. The normalized spacial score (nSPS) is 14.7. The summed E-state index contributed by atoms with van der Waals surface area (Å²) >= 11 is 0. The van der Waals surface area contributed by atoms with Gasteiger partial charge in [0.05, 0.1) is 11.1 Å². The molecule has 2 rings (SSSR count). The predicted molar refractivity (Wildman–Crippen MR) is 94.5 cm³/mol. The summed E-state index contributed by atoms with van der Waals surface area (Å²) in [5, 5.41) is 0. The van der Waals surface area contributed by atoms with Gasteiger partial charge in [-0.25, -0.2) is 4.79 Å². The average molecular weight is 360 g/mol. The molecule has 1 aromatic carbocycles. The molecule has 0 aromatic heterocycles. The summed E-state index contributed by atoms with van der Waals surface area (Å²) in [5.74, 6) is -2.18. The molecule has 0 saturated heterocycles. The van der Waals surface area contributed by atoms with Crippen molar-refractivity contribution in [2.75, 3.05) is 6.61 Å². The number of imide groups is 1. The van der Waals surface area contributed by atoms with Crippen LogP contribution in [0.25, 0.3) is 0 Å². The van der Waals surface area contributed by atoms with Crippen molar-refractivity contribution in [2.45, 2.75) is 52.7 Å². The average Bonchev–Trinajstić information content (AvgIpc) is 2.83. The Hall–Kier alpha value is -2.70. The molecule has 1 aromatic rings. The molecule has 1 aliphatic rings. The van der Waals surface area contributed by atoms with Gasteiger partial charge in [-0.1, -0.05) is 12.1 Å². The van der Waals surface area contributed by atoms with Crippen LogP contribution >= 0.6 is 0 Å². The Morgan fingerprint density at radius 3 is 1.85 bits per heavy atom. The summed E-state index contributed by atoms with van der Waals surface area (Å²) in [5.41, 5.74) is 0.526. The molecule has 0 bridgehead atoms. The zero-order valence-electron chi connectivity index (χ0n) is 15.7. The van der Waals surface area contributed by atoms with Crippen molar-refractivity contribution in [1.29, 1.82) is 0 Å². The molecule has 1 heterocycles. The number of fused-ring (bicyclic) bond motifs is 1. The molecule has 1 atom stereocenters. The van der Waals surface area contributed by atoms with Crippen molar-refractivity contribution in [3.63, 3.8) is 0 Å². The number of amides is 3. The molecule has 0 fully saturated rings. The minimum Gasteiger partial charge on any atom is -0.454 e. The molecule has 1 aliphatic heterocycles. The third-order valence-corrected chi connectivity index (χ3v) is 4.29. The number of nitrogens with zero attached hydrogens (tertiary/aromatic N) is 2.